The number of hydrogen-bond acceptors (Lipinski definition) is 2. The van der Waals surface area contributed by atoms with Crippen LogP contribution in [0.15, 0.2) is 66.7 Å². The van der Waals surface area contributed by atoms with Gasteiger partial charge < -0.3 is 10.2 Å². The Morgan fingerprint density at radius 3 is 2.24 bits per heavy atom. The van der Waals surface area contributed by atoms with Crippen LogP contribution < -0.4 is 5.32 Å². The minimum Gasteiger partial charge on any atom is -0.324 e. The predicted octanol–water partition coefficient (Wildman–Crippen LogP) is 4.80. The molecule has 4 rings (SSSR count). The number of fused-ring (bicyclic) bond motifs is 1. The van der Waals surface area contributed by atoms with Crippen molar-refractivity contribution in [3.05, 3.63) is 100 Å². The topological polar surface area (TPSA) is 49.4 Å². The fraction of sp³-hybridized carbons (Fsp3) is 0.0909. The monoisotopic (exact) mass is 412 g/mol. The molecule has 1 atom stereocenters. The van der Waals surface area contributed by atoms with E-state index in [1.165, 1.54) is 41.3 Å². The first kappa shape index (κ1) is 19.1. The highest BCUT2D eigenvalue weighted by Gasteiger charge is 2.34. The molecule has 0 radical (unpaired) electrons. The van der Waals surface area contributed by atoms with Gasteiger partial charge in [0.25, 0.3) is 5.91 Å². The maximum atomic E-state index is 13.5. The number of carbonyl (C=O) groups is 2. The molecule has 0 spiro atoms. The van der Waals surface area contributed by atoms with Crippen molar-refractivity contribution in [1.29, 1.82) is 0 Å². The Balaban J connectivity index is 1.88. The van der Waals surface area contributed by atoms with Crippen molar-refractivity contribution in [3.63, 3.8) is 0 Å². The molecule has 29 heavy (non-hydrogen) atoms. The van der Waals surface area contributed by atoms with Crippen molar-refractivity contribution in [2.75, 3.05) is 11.9 Å². The normalized spacial score (nSPS) is 16.0. The van der Waals surface area contributed by atoms with E-state index in [0.29, 0.717) is 21.8 Å². The summed E-state index contributed by atoms with van der Waals surface area (Å²) in [7, 11) is 0. The average molecular weight is 413 g/mol. The minimum atomic E-state index is -0.694. The second kappa shape index (κ2) is 7.64. The van der Waals surface area contributed by atoms with Gasteiger partial charge in [-0.05, 0) is 60.2 Å². The molecule has 1 aliphatic heterocycles. The lowest BCUT2D eigenvalue weighted by Crippen LogP contribution is -2.39. The Labute approximate surface area is 170 Å². The summed E-state index contributed by atoms with van der Waals surface area (Å²) < 4.78 is 26.8. The van der Waals surface area contributed by atoms with Crippen LogP contribution in [0.25, 0.3) is 0 Å². The van der Waals surface area contributed by atoms with Crippen LogP contribution in [-0.2, 0) is 4.79 Å². The number of halogens is 3. The third-order valence-corrected chi connectivity index (χ3v) is 4.98. The summed E-state index contributed by atoms with van der Waals surface area (Å²) in [4.78, 5) is 27.1. The number of amides is 2. The van der Waals surface area contributed by atoms with Crippen LogP contribution in [-0.4, -0.2) is 23.3 Å². The van der Waals surface area contributed by atoms with Crippen LogP contribution in [0.4, 0.5) is 14.5 Å². The Kier molecular flexibility index (Phi) is 5.03. The molecule has 0 aromatic heterocycles. The molecular weight excluding hydrogens is 398 g/mol. The van der Waals surface area contributed by atoms with Gasteiger partial charge in [-0.3, -0.25) is 9.59 Å². The lowest BCUT2D eigenvalue weighted by molar-refractivity contribution is -0.117. The van der Waals surface area contributed by atoms with Crippen molar-refractivity contribution >= 4 is 29.1 Å². The van der Waals surface area contributed by atoms with Gasteiger partial charge in [0.05, 0.1) is 6.04 Å². The lowest BCUT2D eigenvalue weighted by atomic mass is 9.95. The molecule has 0 saturated carbocycles. The Hall–Kier alpha value is -3.25. The molecule has 0 fully saturated rings. The second-order valence-corrected chi connectivity index (χ2v) is 7.11. The molecule has 3 aromatic carbocycles. The number of nitrogens with zero attached hydrogens (tertiary/aromatic N) is 1. The van der Waals surface area contributed by atoms with E-state index in [9.17, 15) is 18.4 Å². The maximum absolute atomic E-state index is 13.5. The molecular formula is C22H15ClF2N2O2. The van der Waals surface area contributed by atoms with Gasteiger partial charge >= 0.3 is 0 Å². The van der Waals surface area contributed by atoms with E-state index in [-0.39, 0.29) is 18.0 Å². The van der Waals surface area contributed by atoms with E-state index in [1.54, 1.807) is 30.3 Å². The molecule has 1 heterocycles. The molecule has 1 aliphatic rings. The van der Waals surface area contributed by atoms with Gasteiger partial charge in [0.1, 0.15) is 18.2 Å². The quantitative estimate of drug-likeness (QED) is 0.657. The SMILES string of the molecule is O=C1CN(C(=O)c2ccc(F)cc2)[C@@H](c2ccc(F)cc2)c2cc(Cl)ccc2N1. The van der Waals surface area contributed by atoms with Crippen LogP contribution in [0, 0.1) is 11.6 Å². The fourth-order valence-corrected chi connectivity index (χ4v) is 3.61. The predicted molar refractivity (Wildman–Crippen MR) is 106 cm³/mol. The summed E-state index contributed by atoms with van der Waals surface area (Å²) in [6.07, 6.45) is 0. The van der Waals surface area contributed by atoms with Gasteiger partial charge in [0, 0.05) is 21.8 Å². The largest absolute Gasteiger partial charge is 0.324 e. The molecule has 0 saturated heterocycles. The average Bonchev–Trinajstić information content (AvgIpc) is 2.84. The van der Waals surface area contributed by atoms with Gasteiger partial charge in [-0.2, -0.15) is 0 Å². The molecule has 4 nitrogen and oxygen atoms in total. The summed E-state index contributed by atoms with van der Waals surface area (Å²) in [5, 5.41) is 3.21. The van der Waals surface area contributed by atoms with Crippen molar-refractivity contribution < 1.29 is 18.4 Å². The lowest BCUT2D eigenvalue weighted by Gasteiger charge is -2.30. The highest BCUT2D eigenvalue weighted by molar-refractivity contribution is 6.30. The number of rotatable bonds is 2. The first-order chi connectivity index (χ1) is 13.9. The summed E-state index contributed by atoms with van der Waals surface area (Å²) in [6, 6.07) is 15.1. The standard InChI is InChI=1S/C22H15ClF2N2O2/c23-15-5-10-19-18(11-15)21(13-1-6-16(24)7-2-13)27(12-20(28)26-19)22(29)14-3-8-17(25)9-4-14/h1-11,21H,12H2,(H,26,28)/t21-/m0/s1. The third kappa shape index (κ3) is 3.84. The zero-order valence-corrected chi connectivity index (χ0v) is 15.8. The molecule has 0 unspecified atom stereocenters. The molecule has 3 aromatic rings. The smallest absolute Gasteiger partial charge is 0.255 e. The van der Waals surface area contributed by atoms with Crippen molar-refractivity contribution in [1.82, 2.24) is 4.90 Å². The first-order valence-corrected chi connectivity index (χ1v) is 9.21. The molecule has 7 heteroatoms. The maximum Gasteiger partial charge on any atom is 0.255 e. The Morgan fingerprint density at radius 2 is 1.59 bits per heavy atom. The summed E-state index contributed by atoms with van der Waals surface area (Å²) >= 11 is 6.19. The van der Waals surface area contributed by atoms with Crippen LogP contribution in [0.1, 0.15) is 27.5 Å². The van der Waals surface area contributed by atoms with E-state index < -0.39 is 23.6 Å². The van der Waals surface area contributed by atoms with E-state index in [0.717, 1.165) is 0 Å². The van der Waals surface area contributed by atoms with Gasteiger partial charge in [-0.15, -0.1) is 0 Å². The molecule has 0 bridgehead atoms. The third-order valence-electron chi connectivity index (χ3n) is 4.75. The number of hydrogen-bond donors (Lipinski definition) is 1. The van der Waals surface area contributed by atoms with Gasteiger partial charge in [-0.25, -0.2) is 8.78 Å². The minimum absolute atomic E-state index is 0.232. The zero-order chi connectivity index (χ0) is 20.5. The van der Waals surface area contributed by atoms with Gasteiger partial charge in [-0.1, -0.05) is 23.7 Å². The molecule has 146 valence electrons. The van der Waals surface area contributed by atoms with Crippen LogP contribution in [0.3, 0.4) is 0 Å². The first-order valence-electron chi connectivity index (χ1n) is 8.83. The summed E-state index contributed by atoms with van der Waals surface area (Å²) in [5.74, 6) is -1.72. The van der Waals surface area contributed by atoms with E-state index in [1.807, 2.05) is 0 Å². The molecule has 2 amide bonds. The zero-order valence-electron chi connectivity index (χ0n) is 15.0. The van der Waals surface area contributed by atoms with Crippen LogP contribution in [0.2, 0.25) is 5.02 Å². The van der Waals surface area contributed by atoms with Gasteiger partial charge in [0.15, 0.2) is 0 Å². The van der Waals surface area contributed by atoms with Crippen molar-refractivity contribution in [3.8, 4) is 0 Å². The van der Waals surface area contributed by atoms with Crippen LogP contribution >= 0.6 is 11.6 Å². The van der Waals surface area contributed by atoms with Crippen LogP contribution in [0.5, 0.6) is 0 Å². The Morgan fingerprint density at radius 1 is 0.966 bits per heavy atom. The van der Waals surface area contributed by atoms with Crippen molar-refractivity contribution in [2.45, 2.75) is 6.04 Å². The molecule has 1 N–H and O–H groups in total. The number of benzene rings is 3. The van der Waals surface area contributed by atoms with E-state index in [2.05, 4.69) is 5.32 Å². The number of nitrogens with one attached hydrogen (secondary N) is 1. The number of anilines is 1. The second-order valence-electron chi connectivity index (χ2n) is 6.67. The summed E-state index contributed by atoms with van der Waals surface area (Å²) in [6.45, 7) is -0.232. The van der Waals surface area contributed by atoms with Gasteiger partial charge in [0.2, 0.25) is 5.91 Å². The fourth-order valence-electron chi connectivity index (χ4n) is 3.43. The highest BCUT2D eigenvalue weighted by atomic mass is 35.5. The van der Waals surface area contributed by atoms with E-state index in [4.69, 9.17) is 11.6 Å². The summed E-state index contributed by atoms with van der Waals surface area (Å²) in [5.41, 5.74) is 1.97. The molecule has 0 aliphatic carbocycles. The number of carbonyl (C=O) groups excluding carboxylic acids is 2. The van der Waals surface area contributed by atoms with Crippen molar-refractivity contribution in [2.24, 2.45) is 0 Å². The highest BCUT2D eigenvalue weighted by Crippen LogP contribution is 2.38. The Bertz CT molecular complexity index is 1080. The van der Waals surface area contributed by atoms with E-state index >= 15 is 0 Å².